The van der Waals surface area contributed by atoms with Gasteiger partial charge in [0.15, 0.2) is 11.5 Å². The van der Waals surface area contributed by atoms with Crippen LogP contribution in [0, 0.1) is 5.92 Å². The summed E-state index contributed by atoms with van der Waals surface area (Å²) in [5.74, 6) is 2.23. The number of hydrogen-bond donors (Lipinski definition) is 0. The van der Waals surface area contributed by atoms with Gasteiger partial charge >= 0.3 is 0 Å². The number of benzene rings is 1. The third-order valence-corrected chi connectivity index (χ3v) is 5.73. The van der Waals surface area contributed by atoms with E-state index in [9.17, 15) is 0 Å². The Balaban J connectivity index is 1.24. The summed E-state index contributed by atoms with van der Waals surface area (Å²) in [6.45, 7) is 4.72. The normalized spacial score (nSPS) is 25.8. The highest BCUT2D eigenvalue weighted by Gasteiger charge is 2.27. The molecule has 0 N–H and O–H groups in total. The minimum atomic E-state index is 0.0561. The summed E-state index contributed by atoms with van der Waals surface area (Å²) in [5, 5.41) is 0.676. The Bertz CT molecular complexity index is 701. The lowest BCUT2D eigenvalue weighted by Gasteiger charge is -2.38. The van der Waals surface area contributed by atoms with Gasteiger partial charge in [-0.25, -0.2) is 0 Å². The number of likely N-dealkylation sites (tertiary alicyclic amines) is 1. The first-order valence-electron chi connectivity index (χ1n) is 9.66. The van der Waals surface area contributed by atoms with Gasteiger partial charge in [-0.2, -0.15) is 0 Å². The molecule has 0 amide bonds. The van der Waals surface area contributed by atoms with Crippen LogP contribution in [0.1, 0.15) is 12.8 Å². The molecule has 2 atom stereocenters. The Morgan fingerprint density at radius 2 is 2.00 bits per heavy atom. The van der Waals surface area contributed by atoms with Crippen LogP contribution in [0.4, 0.5) is 0 Å². The van der Waals surface area contributed by atoms with Crippen molar-refractivity contribution in [2.75, 3.05) is 39.9 Å². The molecule has 0 aromatic heterocycles. The van der Waals surface area contributed by atoms with E-state index in [2.05, 4.69) is 28.2 Å². The quantitative estimate of drug-likeness (QED) is 0.768. The second kappa shape index (κ2) is 8.55. The standard InChI is InChI=1S/C21H27ClN2O3/c1-25-21-4-2-3-9-24(21)13-16-7-10-23(11-8-16)14-18-15-26-19-6-5-17(22)12-20(19)27-18/h2-6,9,12,16,18,21H,7-8,10-11,13-15H2,1H3. The lowest BCUT2D eigenvalue weighted by atomic mass is 9.95. The van der Waals surface area contributed by atoms with E-state index in [4.69, 9.17) is 25.8 Å². The van der Waals surface area contributed by atoms with E-state index in [1.165, 1.54) is 12.8 Å². The predicted molar refractivity (Wildman–Crippen MR) is 106 cm³/mol. The molecule has 1 aromatic rings. The third-order valence-electron chi connectivity index (χ3n) is 5.49. The molecular formula is C21H27ClN2O3. The summed E-state index contributed by atoms with van der Waals surface area (Å²) >= 11 is 6.07. The molecule has 0 spiro atoms. The van der Waals surface area contributed by atoms with Crippen LogP contribution >= 0.6 is 11.6 Å². The van der Waals surface area contributed by atoms with Crippen LogP contribution in [0.2, 0.25) is 5.02 Å². The fourth-order valence-electron chi connectivity index (χ4n) is 4.01. The molecule has 0 bridgehead atoms. The van der Waals surface area contributed by atoms with Gasteiger partial charge < -0.3 is 19.1 Å². The Morgan fingerprint density at radius 1 is 1.15 bits per heavy atom. The number of methoxy groups -OCH3 is 1. The van der Waals surface area contributed by atoms with Crippen molar-refractivity contribution in [2.45, 2.75) is 25.2 Å². The molecule has 3 heterocycles. The van der Waals surface area contributed by atoms with Crippen molar-refractivity contribution in [1.82, 2.24) is 9.80 Å². The van der Waals surface area contributed by atoms with Crippen LogP contribution < -0.4 is 9.47 Å². The maximum atomic E-state index is 6.10. The van der Waals surface area contributed by atoms with E-state index < -0.39 is 0 Å². The van der Waals surface area contributed by atoms with Crippen LogP contribution in [0.3, 0.4) is 0 Å². The average molecular weight is 391 g/mol. The minimum absolute atomic E-state index is 0.0561. The van der Waals surface area contributed by atoms with Crippen LogP contribution in [0.15, 0.2) is 42.6 Å². The van der Waals surface area contributed by atoms with Gasteiger partial charge in [-0.05, 0) is 56.1 Å². The molecule has 0 radical (unpaired) electrons. The summed E-state index contributed by atoms with van der Waals surface area (Å²) in [7, 11) is 1.77. The minimum Gasteiger partial charge on any atom is -0.486 e. The molecule has 0 saturated carbocycles. The molecule has 5 nitrogen and oxygen atoms in total. The molecule has 4 rings (SSSR count). The predicted octanol–water partition coefficient (Wildman–Crippen LogP) is 3.55. The summed E-state index contributed by atoms with van der Waals surface area (Å²) in [5.41, 5.74) is 0. The Hall–Kier alpha value is -1.69. The summed E-state index contributed by atoms with van der Waals surface area (Å²) in [6, 6.07) is 5.54. The fraction of sp³-hybridized carbons (Fsp3) is 0.524. The van der Waals surface area contributed by atoms with Crippen molar-refractivity contribution in [1.29, 1.82) is 0 Å². The zero-order valence-electron chi connectivity index (χ0n) is 15.7. The molecule has 1 saturated heterocycles. The van der Waals surface area contributed by atoms with Crippen LogP contribution in [0.25, 0.3) is 0 Å². The summed E-state index contributed by atoms with van der Waals surface area (Å²) < 4.78 is 17.5. The summed E-state index contributed by atoms with van der Waals surface area (Å²) in [6.07, 6.45) is 10.9. The van der Waals surface area contributed by atoms with E-state index in [0.717, 1.165) is 37.7 Å². The lowest BCUT2D eigenvalue weighted by Crippen LogP contribution is -2.46. The molecule has 2 unspecified atom stereocenters. The number of piperidine rings is 1. The largest absolute Gasteiger partial charge is 0.486 e. The molecule has 6 heteroatoms. The number of fused-ring (bicyclic) bond motifs is 1. The van der Waals surface area contributed by atoms with E-state index in [1.54, 1.807) is 7.11 Å². The van der Waals surface area contributed by atoms with Gasteiger partial charge in [-0.15, -0.1) is 0 Å². The number of halogens is 1. The first-order valence-corrected chi connectivity index (χ1v) is 10.0. The zero-order valence-corrected chi connectivity index (χ0v) is 16.5. The van der Waals surface area contributed by atoms with Gasteiger partial charge in [0.1, 0.15) is 18.9 Å². The maximum Gasteiger partial charge on any atom is 0.163 e. The van der Waals surface area contributed by atoms with Crippen LogP contribution in [-0.2, 0) is 4.74 Å². The van der Waals surface area contributed by atoms with E-state index >= 15 is 0 Å². The molecule has 3 aliphatic heterocycles. The van der Waals surface area contributed by atoms with Crippen molar-refractivity contribution < 1.29 is 14.2 Å². The Kier molecular flexibility index (Phi) is 5.91. The number of allylic oxidation sites excluding steroid dienone is 2. The molecule has 146 valence electrons. The van der Waals surface area contributed by atoms with Gasteiger partial charge in [0.2, 0.25) is 0 Å². The number of nitrogens with zero attached hydrogens (tertiary/aromatic N) is 2. The number of ether oxygens (including phenoxy) is 3. The van der Waals surface area contributed by atoms with E-state index in [1.807, 2.05) is 24.3 Å². The Morgan fingerprint density at radius 3 is 2.81 bits per heavy atom. The van der Waals surface area contributed by atoms with Crippen molar-refractivity contribution >= 4 is 11.6 Å². The molecule has 0 aliphatic carbocycles. The fourth-order valence-corrected chi connectivity index (χ4v) is 4.17. The molecular weight excluding hydrogens is 364 g/mol. The van der Waals surface area contributed by atoms with Crippen molar-refractivity contribution in [3.63, 3.8) is 0 Å². The second-order valence-corrected chi connectivity index (χ2v) is 7.87. The molecule has 27 heavy (non-hydrogen) atoms. The van der Waals surface area contributed by atoms with Gasteiger partial charge in [0.25, 0.3) is 0 Å². The van der Waals surface area contributed by atoms with Crippen LogP contribution in [-0.4, -0.2) is 62.0 Å². The highest BCUT2D eigenvalue weighted by atomic mass is 35.5. The molecule has 1 fully saturated rings. The SMILES string of the molecule is COC1C=CC=CN1CC1CCN(CC2COc3ccc(Cl)cc3O2)CC1. The smallest absolute Gasteiger partial charge is 0.163 e. The third kappa shape index (κ3) is 4.60. The number of hydrogen-bond acceptors (Lipinski definition) is 5. The van der Waals surface area contributed by atoms with Crippen molar-refractivity contribution in [3.05, 3.63) is 47.6 Å². The highest BCUT2D eigenvalue weighted by Crippen LogP contribution is 2.34. The first-order chi connectivity index (χ1) is 13.2. The topological polar surface area (TPSA) is 34.2 Å². The molecule has 3 aliphatic rings. The second-order valence-electron chi connectivity index (χ2n) is 7.44. The van der Waals surface area contributed by atoms with Gasteiger partial charge in [-0.3, -0.25) is 4.90 Å². The van der Waals surface area contributed by atoms with Crippen LogP contribution in [0.5, 0.6) is 11.5 Å². The highest BCUT2D eigenvalue weighted by molar-refractivity contribution is 6.30. The van der Waals surface area contributed by atoms with E-state index in [0.29, 0.717) is 17.5 Å². The summed E-state index contributed by atoms with van der Waals surface area (Å²) in [4.78, 5) is 4.78. The van der Waals surface area contributed by atoms with E-state index in [-0.39, 0.29) is 12.3 Å². The maximum absolute atomic E-state index is 6.10. The number of rotatable bonds is 5. The van der Waals surface area contributed by atoms with Gasteiger partial charge in [0.05, 0.1) is 0 Å². The monoisotopic (exact) mass is 390 g/mol. The van der Waals surface area contributed by atoms with Gasteiger partial charge in [0, 0.05) is 37.5 Å². The Labute approximate surface area is 166 Å². The first kappa shape index (κ1) is 18.7. The average Bonchev–Trinajstić information content (AvgIpc) is 2.69. The van der Waals surface area contributed by atoms with Crippen molar-refractivity contribution in [3.8, 4) is 11.5 Å². The van der Waals surface area contributed by atoms with Crippen molar-refractivity contribution in [2.24, 2.45) is 5.92 Å². The zero-order chi connectivity index (χ0) is 18.6. The molecule has 1 aromatic carbocycles. The lowest BCUT2D eigenvalue weighted by molar-refractivity contribution is 0.0109. The van der Waals surface area contributed by atoms with Gasteiger partial charge in [-0.1, -0.05) is 17.7 Å².